The van der Waals surface area contributed by atoms with E-state index in [9.17, 15) is 0 Å². The van der Waals surface area contributed by atoms with Crippen molar-refractivity contribution >= 4 is 29.9 Å². The highest BCUT2D eigenvalue weighted by molar-refractivity contribution is 14.0. The summed E-state index contributed by atoms with van der Waals surface area (Å²) in [5.41, 5.74) is 0. The van der Waals surface area contributed by atoms with Gasteiger partial charge in [-0.2, -0.15) is 0 Å². The molecule has 0 bridgehead atoms. The molecule has 1 aromatic heterocycles. The number of methoxy groups -OCH3 is 1. The number of imidazole rings is 1. The van der Waals surface area contributed by atoms with Crippen LogP contribution in [-0.2, 0) is 0 Å². The van der Waals surface area contributed by atoms with E-state index in [-0.39, 0.29) is 30.1 Å². The average Bonchev–Trinajstić information content (AvgIpc) is 3.26. The topological polar surface area (TPSA) is 63.9 Å². The van der Waals surface area contributed by atoms with Crippen LogP contribution < -0.4 is 14.8 Å². The maximum Gasteiger partial charge on any atom is 0.194 e. The molecular weight excluding hydrogens is 493 g/mol. The number of guanidine groups is 1. The largest absolute Gasteiger partial charge is 0.493 e. The van der Waals surface area contributed by atoms with Gasteiger partial charge in [0.05, 0.1) is 26.0 Å². The molecule has 3 unspecified atom stereocenters. The number of ether oxygens (including phenoxy) is 2. The van der Waals surface area contributed by atoms with Crippen molar-refractivity contribution in [2.24, 2.45) is 10.9 Å². The third-order valence-corrected chi connectivity index (χ3v) is 5.36. The van der Waals surface area contributed by atoms with Gasteiger partial charge in [-0.25, -0.2) is 9.98 Å². The molecule has 0 radical (unpaired) electrons. The molecule has 1 saturated heterocycles. The number of para-hydroxylation sites is 2. The van der Waals surface area contributed by atoms with Crippen molar-refractivity contribution in [2.75, 3.05) is 33.3 Å². The van der Waals surface area contributed by atoms with Gasteiger partial charge in [0.2, 0.25) is 0 Å². The first-order valence-corrected chi connectivity index (χ1v) is 10.4. The van der Waals surface area contributed by atoms with Crippen LogP contribution in [0.25, 0.3) is 0 Å². The lowest BCUT2D eigenvalue weighted by atomic mass is 9.93. The molecule has 7 nitrogen and oxygen atoms in total. The van der Waals surface area contributed by atoms with Crippen LogP contribution in [0.5, 0.6) is 11.5 Å². The molecule has 30 heavy (non-hydrogen) atoms. The van der Waals surface area contributed by atoms with Crippen LogP contribution in [0.1, 0.15) is 33.2 Å². The maximum atomic E-state index is 6.06. The summed E-state index contributed by atoms with van der Waals surface area (Å²) in [5.74, 6) is 3.04. The van der Waals surface area contributed by atoms with Crippen LogP contribution >= 0.6 is 24.0 Å². The fraction of sp³-hybridized carbons (Fsp3) is 0.545. The molecule has 2 heterocycles. The lowest BCUT2D eigenvalue weighted by Crippen LogP contribution is -2.49. The van der Waals surface area contributed by atoms with Crippen molar-refractivity contribution in [1.82, 2.24) is 19.8 Å². The van der Waals surface area contributed by atoms with Gasteiger partial charge in [0.1, 0.15) is 6.10 Å². The number of nitrogens with zero attached hydrogens (tertiary/aromatic N) is 4. The van der Waals surface area contributed by atoms with Crippen LogP contribution in [-0.4, -0.2) is 59.8 Å². The highest BCUT2D eigenvalue weighted by atomic mass is 127. The maximum absolute atomic E-state index is 6.06. The molecule has 3 atom stereocenters. The molecule has 1 N–H and O–H groups in total. The van der Waals surface area contributed by atoms with Crippen molar-refractivity contribution in [3.05, 3.63) is 43.0 Å². The summed E-state index contributed by atoms with van der Waals surface area (Å²) < 4.78 is 13.6. The standard InChI is InChI=1S/C22H33N5O2.HI/c1-5-24-22(25-14-18(3)29-21-9-7-6-8-20(21)28-4)26-12-10-17(2)19(15-26)27-13-11-23-16-27;/h6-9,11,13,16-19H,5,10,12,14-15H2,1-4H3,(H,24,25);1H. The molecule has 0 spiro atoms. The van der Waals surface area contributed by atoms with E-state index in [4.69, 9.17) is 14.5 Å². The second-order valence-corrected chi connectivity index (χ2v) is 7.56. The normalized spacial score (nSPS) is 20.3. The van der Waals surface area contributed by atoms with Gasteiger partial charge in [0.15, 0.2) is 17.5 Å². The lowest BCUT2D eigenvalue weighted by Gasteiger charge is -2.39. The van der Waals surface area contributed by atoms with Crippen molar-refractivity contribution < 1.29 is 9.47 Å². The first kappa shape index (κ1) is 24.3. The van der Waals surface area contributed by atoms with Crippen LogP contribution in [0, 0.1) is 5.92 Å². The molecule has 0 amide bonds. The summed E-state index contributed by atoms with van der Waals surface area (Å²) in [4.78, 5) is 11.4. The molecule has 3 rings (SSSR count). The number of nitrogens with one attached hydrogen (secondary N) is 1. The summed E-state index contributed by atoms with van der Waals surface area (Å²) in [6, 6.07) is 8.11. The van der Waals surface area contributed by atoms with E-state index in [1.165, 1.54) is 0 Å². The second-order valence-electron chi connectivity index (χ2n) is 7.56. The third-order valence-electron chi connectivity index (χ3n) is 5.36. The number of hydrogen-bond donors (Lipinski definition) is 1. The van der Waals surface area contributed by atoms with Crippen molar-refractivity contribution in [1.29, 1.82) is 0 Å². The van der Waals surface area contributed by atoms with Gasteiger partial charge in [-0.05, 0) is 38.3 Å². The minimum absolute atomic E-state index is 0. The van der Waals surface area contributed by atoms with Gasteiger partial charge in [-0.1, -0.05) is 19.1 Å². The Morgan fingerprint density at radius 2 is 2.10 bits per heavy atom. The zero-order valence-corrected chi connectivity index (χ0v) is 20.7. The van der Waals surface area contributed by atoms with E-state index < -0.39 is 0 Å². The Kier molecular flexibility index (Phi) is 9.74. The predicted molar refractivity (Wildman–Crippen MR) is 131 cm³/mol. The summed E-state index contributed by atoms with van der Waals surface area (Å²) in [6.07, 6.45) is 6.88. The smallest absolute Gasteiger partial charge is 0.194 e. The number of likely N-dealkylation sites (tertiary alicyclic amines) is 1. The highest BCUT2D eigenvalue weighted by Gasteiger charge is 2.29. The first-order valence-electron chi connectivity index (χ1n) is 10.4. The van der Waals surface area contributed by atoms with E-state index in [1.54, 1.807) is 7.11 Å². The summed E-state index contributed by atoms with van der Waals surface area (Å²) in [5, 5.41) is 3.45. The quantitative estimate of drug-likeness (QED) is 0.337. The predicted octanol–water partition coefficient (Wildman–Crippen LogP) is 3.83. The molecule has 8 heteroatoms. The summed E-state index contributed by atoms with van der Waals surface area (Å²) in [7, 11) is 1.66. The number of aliphatic imine (C=N–C) groups is 1. The zero-order valence-electron chi connectivity index (χ0n) is 18.3. The van der Waals surface area contributed by atoms with Gasteiger partial charge >= 0.3 is 0 Å². The van der Waals surface area contributed by atoms with Crippen LogP contribution in [0.15, 0.2) is 48.0 Å². The Balaban J connectivity index is 0.00000320. The fourth-order valence-corrected chi connectivity index (χ4v) is 3.71. The summed E-state index contributed by atoms with van der Waals surface area (Å²) >= 11 is 0. The van der Waals surface area contributed by atoms with Gasteiger partial charge in [0.25, 0.3) is 0 Å². The van der Waals surface area contributed by atoms with Crippen LogP contribution in [0.3, 0.4) is 0 Å². The zero-order chi connectivity index (χ0) is 20.6. The van der Waals surface area contributed by atoms with Gasteiger partial charge in [0, 0.05) is 32.0 Å². The average molecular weight is 527 g/mol. The van der Waals surface area contributed by atoms with Gasteiger partial charge in [-0.3, -0.25) is 0 Å². The Bertz CT molecular complexity index is 784. The number of piperidine rings is 1. The fourth-order valence-electron chi connectivity index (χ4n) is 3.71. The van der Waals surface area contributed by atoms with Gasteiger partial charge < -0.3 is 24.3 Å². The lowest BCUT2D eigenvalue weighted by molar-refractivity contribution is 0.187. The number of aromatic nitrogens is 2. The summed E-state index contributed by atoms with van der Waals surface area (Å²) in [6.45, 7) is 9.78. The Hall–Kier alpha value is -1.97. The van der Waals surface area contributed by atoms with E-state index in [1.807, 2.05) is 43.7 Å². The molecule has 0 saturated carbocycles. The molecule has 2 aromatic rings. The molecule has 166 valence electrons. The Morgan fingerprint density at radius 3 is 2.77 bits per heavy atom. The SMILES string of the molecule is CCNC(=NCC(C)Oc1ccccc1OC)N1CCC(C)C(n2ccnc2)C1.I. The van der Waals surface area contributed by atoms with E-state index in [0.29, 0.717) is 18.5 Å². The molecule has 0 aliphatic carbocycles. The first-order chi connectivity index (χ1) is 14.1. The second kappa shape index (κ2) is 12.0. The van der Waals surface area contributed by atoms with Crippen LogP contribution in [0.4, 0.5) is 0 Å². The van der Waals surface area contributed by atoms with Crippen molar-refractivity contribution in [2.45, 2.75) is 39.3 Å². The molecule has 1 aromatic carbocycles. The molecule has 1 aliphatic heterocycles. The number of hydrogen-bond acceptors (Lipinski definition) is 4. The number of halogens is 1. The van der Waals surface area contributed by atoms with E-state index >= 15 is 0 Å². The minimum atomic E-state index is -0.0619. The number of rotatable bonds is 7. The number of benzene rings is 1. The highest BCUT2D eigenvalue weighted by Crippen LogP contribution is 2.28. The van der Waals surface area contributed by atoms with E-state index in [0.717, 1.165) is 43.5 Å². The molecule has 1 fully saturated rings. The Labute approximate surface area is 196 Å². The minimum Gasteiger partial charge on any atom is -0.493 e. The monoisotopic (exact) mass is 527 g/mol. The molecule has 1 aliphatic rings. The van der Waals surface area contributed by atoms with Crippen molar-refractivity contribution in [3.63, 3.8) is 0 Å². The third kappa shape index (κ3) is 6.26. The van der Waals surface area contributed by atoms with Crippen LogP contribution in [0.2, 0.25) is 0 Å². The van der Waals surface area contributed by atoms with E-state index in [2.05, 4.69) is 39.8 Å². The Morgan fingerprint density at radius 1 is 1.33 bits per heavy atom. The van der Waals surface area contributed by atoms with Crippen molar-refractivity contribution in [3.8, 4) is 11.5 Å². The molecular formula is C22H34IN5O2. The van der Waals surface area contributed by atoms with Gasteiger partial charge in [-0.15, -0.1) is 24.0 Å².